The molecule has 0 aliphatic carbocycles. The molecule has 1 aromatic heterocycles. The van der Waals surface area contributed by atoms with E-state index in [9.17, 15) is 8.42 Å². The molecule has 0 spiro atoms. The Morgan fingerprint density at radius 3 is 2.63 bits per heavy atom. The number of furan rings is 1. The van der Waals surface area contributed by atoms with Crippen LogP contribution in [0.5, 0.6) is 0 Å². The molecule has 2 N–H and O–H groups in total. The molecule has 0 radical (unpaired) electrons. The first-order valence-corrected chi connectivity index (χ1v) is 8.14. The van der Waals surface area contributed by atoms with Gasteiger partial charge in [0, 0.05) is 12.6 Å². The van der Waals surface area contributed by atoms with Gasteiger partial charge in [0.1, 0.15) is 16.4 Å². The molecule has 0 fully saturated rings. The predicted octanol–water partition coefficient (Wildman–Crippen LogP) is 2.02. The second-order valence-electron chi connectivity index (χ2n) is 5.06. The van der Waals surface area contributed by atoms with Gasteiger partial charge >= 0.3 is 0 Å². The summed E-state index contributed by atoms with van der Waals surface area (Å²) in [5.41, 5.74) is 0. The second-order valence-corrected chi connectivity index (χ2v) is 6.79. The van der Waals surface area contributed by atoms with Crippen LogP contribution in [0, 0.1) is 12.8 Å². The van der Waals surface area contributed by atoms with Crippen molar-refractivity contribution in [3.05, 3.63) is 17.6 Å². The first kappa shape index (κ1) is 16.2. The van der Waals surface area contributed by atoms with E-state index >= 15 is 0 Å². The lowest BCUT2D eigenvalue weighted by molar-refractivity contribution is 0.457. The molecule has 6 heteroatoms. The van der Waals surface area contributed by atoms with Crippen molar-refractivity contribution >= 4 is 10.0 Å². The quantitative estimate of drug-likeness (QED) is 0.718. The van der Waals surface area contributed by atoms with Crippen molar-refractivity contribution in [2.45, 2.75) is 45.6 Å². The largest absolute Gasteiger partial charge is 0.464 e. The standard InChI is InChI=1S/C13H24N2O3S/c1-5-6-14-9-12-7-13(11(4)18-12)19(16,17)15-8-10(2)3/h7,10,14-15H,5-6,8-9H2,1-4H3. The van der Waals surface area contributed by atoms with Crippen LogP contribution in [0.3, 0.4) is 0 Å². The number of hydrogen-bond donors (Lipinski definition) is 2. The number of sulfonamides is 1. The van der Waals surface area contributed by atoms with Crippen LogP contribution in [0.25, 0.3) is 0 Å². The van der Waals surface area contributed by atoms with Crippen LogP contribution >= 0.6 is 0 Å². The van der Waals surface area contributed by atoms with E-state index in [1.54, 1.807) is 13.0 Å². The zero-order valence-electron chi connectivity index (χ0n) is 12.1. The van der Waals surface area contributed by atoms with Gasteiger partial charge in [-0.3, -0.25) is 0 Å². The Bertz CT molecular complexity index is 492. The van der Waals surface area contributed by atoms with Crippen LogP contribution in [0.1, 0.15) is 38.7 Å². The van der Waals surface area contributed by atoms with E-state index in [0.717, 1.165) is 13.0 Å². The van der Waals surface area contributed by atoms with Crippen molar-refractivity contribution in [3.8, 4) is 0 Å². The topological polar surface area (TPSA) is 71.3 Å². The Hall–Kier alpha value is -0.850. The molecule has 0 aliphatic rings. The fourth-order valence-electron chi connectivity index (χ4n) is 1.62. The Labute approximate surface area is 115 Å². The minimum atomic E-state index is -3.47. The molecule has 5 nitrogen and oxygen atoms in total. The molecular weight excluding hydrogens is 264 g/mol. The fraction of sp³-hybridized carbons (Fsp3) is 0.692. The summed E-state index contributed by atoms with van der Waals surface area (Å²) in [6.45, 7) is 9.53. The minimum absolute atomic E-state index is 0.237. The Morgan fingerprint density at radius 1 is 1.37 bits per heavy atom. The maximum Gasteiger partial charge on any atom is 0.244 e. The van der Waals surface area contributed by atoms with Crippen LogP contribution in [-0.2, 0) is 16.6 Å². The molecule has 1 aromatic rings. The summed E-state index contributed by atoms with van der Waals surface area (Å²) in [6.07, 6.45) is 1.03. The number of aryl methyl sites for hydroxylation is 1. The zero-order chi connectivity index (χ0) is 14.5. The van der Waals surface area contributed by atoms with Gasteiger partial charge in [0.15, 0.2) is 0 Å². The predicted molar refractivity (Wildman–Crippen MR) is 75.5 cm³/mol. The van der Waals surface area contributed by atoms with Crippen molar-refractivity contribution in [2.75, 3.05) is 13.1 Å². The van der Waals surface area contributed by atoms with E-state index < -0.39 is 10.0 Å². The van der Waals surface area contributed by atoms with Gasteiger partial charge in [0.2, 0.25) is 10.0 Å². The summed E-state index contributed by atoms with van der Waals surface area (Å²) >= 11 is 0. The smallest absolute Gasteiger partial charge is 0.244 e. The molecular formula is C13H24N2O3S. The lowest BCUT2D eigenvalue weighted by atomic mass is 10.2. The Morgan fingerprint density at radius 2 is 2.05 bits per heavy atom. The summed E-state index contributed by atoms with van der Waals surface area (Å²) in [6, 6.07) is 1.60. The van der Waals surface area contributed by atoms with Gasteiger partial charge in [-0.05, 0) is 25.8 Å². The average Bonchev–Trinajstić information content (AvgIpc) is 2.69. The van der Waals surface area contributed by atoms with Gasteiger partial charge in [-0.25, -0.2) is 13.1 Å². The van der Waals surface area contributed by atoms with Gasteiger partial charge in [-0.2, -0.15) is 0 Å². The number of nitrogens with one attached hydrogen (secondary N) is 2. The fourth-order valence-corrected chi connectivity index (χ4v) is 3.04. The van der Waals surface area contributed by atoms with E-state index in [2.05, 4.69) is 17.0 Å². The molecule has 0 amide bonds. The zero-order valence-corrected chi connectivity index (χ0v) is 12.9. The number of hydrogen-bond acceptors (Lipinski definition) is 4. The summed E-state index contributed by atoms with van der Waals surface area (Å²) < 4.78 is 32.3. The van der Waals surface area contributed by atoms with Crippen molar-refractivity contribution in [1.82, 2.24) is 10.0 Å². The normalized spacial score (nSPS) is 12.3. The molecule has 0 aliphatic heterocycles. The first-order valence-electron chi connectivity index (χ1n) is 6.66. The number of rotatable bonds is 8. The summed E-state index contributed by atoms with van der Waals surface area (Å²) in [5, 5.41) is 3.18. The molecule has 0 unspecified atom stereocenters. The molecule has 0 saturated carbocycles. The molecule has 0 bridgehead atoms. The molecule has 1 heterocycles. The van der Waals surface area contributed by atoms with Crippen LogP contribution in [-0.4, -0.2) is 21.5 Å². The molecule has 1 rings (SSSR count). The lowest BCUT2D eigenvalue weighted by Gasteiger charge is -2.07. The third kappa shape index (κ3) is 4.97. The van der Waals surface area contributed by atoms with Crippen LogP contribution in [0.15, 0.2) is 15.4 Å². The van der Waals surface area contributed by atoms with E-state index in [-0.39, 0.29) is 10.8 Å². The van der Waals surface area contributed by atoms with Gasteiger partial charge < -0.3 is 9.73 Å². The average molecular weight is 288 g/mol. The molecule has 0 aromatic carbocycles. The first-order chi connectivity index (χ1) is 8.86. The van der Waals surface area contributed by atoms with E-state index in [1.165, 1.54) is 0 Å². The van der Waals surface area contributed by atoms with E-state index in [0.29, 0.717) is 24.6 Å². The van der Waals surface area contributed by atoms with E-state index in [4.69, 9.17) is 4.42 Å². The third-order valence-corrected chi connectivity index (χ3v) is 4.15. The highest BCUT2D eigenvalue weighted by Gasteiger charge is 2.21. The molecule has 19 heavy (non-hydrogen) atoms. The summed E-state index contributed by atoms with van der Waals surface area (Å²) in [4.78, 5) is 0.237. The van der Waals surface area contributed by atoms with Gasteiger partial charge in [0.25, 0.3) is 0 Å². The summed E-state index contributed by atoms with van der Waals surface area (Å²) in [5.74, 6) is 1.35. The highest BCUT2D eigenvalue weighted by molar-refractivity contribution is 7.89. The van der Waals surface area contributed by atoms with Crippen LogP contribution < -0.4 is 10.0 Å². The minimum Gasteiger partial charge on any atom is -0.464 e. The Kier molecular flexibility index (Phi) is 6.03. The maximum atomic E-state index is 12.1. The van der Waals surface area contributed by atoms with Gasteiger partial charge in [-0.15, -0.1) is 0 Å². The Balaban J connectivity index is 2.77. The molecule has 0 saturated heterocycles. The van der Waals surface area contributed by atoms with Gasteiger partial charge in [0.05, 0.1) is 6.54 Å². The summed E-state index contributed by atoms with van der Waals surface area (Å²) in [7, 11) is -3.47. The van der Waals surface area contributed by atoms with Crippen LogP contribution in [0.2, 0.25) is 0 Å². The maximum absolute atomic E-state index is 12.1. The lowest BCUT2D eigenvalue weighted by Crippen LogP contribution is -2.27. The van der Waals surface area contributed by atoms with Crippen molar-refractivity contribution < 1.29 is 12.8 Å². The highest BCUT2D eigenvalue weighted by atomic mass is 32.2. The van der Waals surface area contributed by atoms with Crippen LogP contribution in [0.4, 0.5) is 0 Å². The SMILES string of the molecule is CCCNCc1cc(S(=O)(=O)NCC(C)C)c(C)o1. The highest BCUT2D eigenvalue weighted by Crippen LogP contribution is 2.19. The van der Waals surface area contributed by atoms with Crippen molar-refractivity contribution in [1.29, 1.82) is 0 Å². The van der Waals surface area contributed by atoms with Crippen molar-refractivity contribution in [3.63, 3.8) is 0 Å². The van der Waals surface area contributed by atoms with Gasteiger partial charge in [-0.1, -0.05) is 20.8 Å². The molecule has 110 valence electrons. The second kappa shape index (κ2) is 7.07. The van der Waals surface area contributed by atoms with Crippen molar-refractivity contribution in [2.24, 2.45) is 5.92 Å². The monoisotopic (exact) mass is 288 g/mol. The third-order valence-electron chi connectivity index (χ3n) is 2.62. The van der Waals surface area contributed by atoms with E-state index in [1.807, 2.05) is 13.8 Å². The molecule has 0 atom stereocenters.